The first-order chi connectivity index (χ1) is 15.2. The van der Waals surface area contributed by atoms with Crippen molar-refractivity contribution in [2.75, 3.05) is 19.6 Å². The van der Waals surface area contributed by atoms with Crippen LogP contribution in [0.15, 0.2) is 76.5 Å². The Morgan fingerprint density at radius 2 is 1.84 bits per heavy atom. The Balaban J connectivity index is 1.20. The van der Waals surface area contributed by atoms with E-state index in [0.717, 1.165) is 59.6 Å². The van der Waals surface area contributed by atoms with Crippen LogP contribution < -0.4 is 5.32 Å². The van der Waals surface area contributed by atoms with Gasteiger partial charge >= 0.3 is 0 Å². The van der Waals surface area contributed by atoms with E-state index in [4.69, 9.17) is 0 Å². The second-order valence-corrected chi connectivity index (χ2v) is 9.22. The first kappa shape index (κ1) is 20.3. The molecular formula is C26H24FN2OS. The maximum Gasteiger partial charge on any atom is 0.251 e. The number of hydrogen-bond donors (Lipinski definition) is 1. The molecule has 3 nitrogen and oxygen atoms in total. The maximum absolute atomic E-state index is 13.1. The average Bonchev–Trinajstić information content (AvgIpc) is 3.24. The third kappa shape index (κ3) is 4.53. The Morgan fingerprint density at radius 1 is 1.03 bits per heavy atom. The fourth-order valence-corrected chi connectivity index (χ4v) is 5.36. The lowest BCUT2D eigenvalue weighted by Gasteiger charge is -2.22. The Hall–Kier alpha value is -2.63. The number of halogens is 1. The van der Waals surface area contributed by atoms with Gasteiger partial charge in [-0.15, -0.1) is 0 Å². The lowest BCUT2D eigenvalue weighted by atomic mass is 9.98. The monoisotopic (exact) mass is 431 g/mol. The van der Waals surface area contributed by atoms with Crippen molar-refractivity contribution in [3.05, 3.63) is 101 Å². The summed E-state index contributed by atoms with van der Waals surface area (Å²) in [5.41, 5.74) is 4.05. The van der Waals surface area contributed by atoms with E-state index in [9.17, 15) is 9.18 Å². The molecule has 1 amide bonds. The fraction of sp³-hybridized carbons (Fsp3) is 0.231. The van der Waals surface area contributed by atoms with Crippen molar-refractivity contribution in [1.82, 2.24) is 10.2 Å². The van der Waals surface area contributed by atoms with Crippen molar-refractivity contribution >= 4 is 17.7 Å². The molecule has 1 N–H and O–H groups in total. The number of nitrogens with zero attached hydrogens (tertiary/aromatic N) is 1. The highest BCUT2D eigenvalue weighted by Crippen LogP contribution is 2.41. The van der Waals surface area contributed by atoms with Gasteiger partial charge in [0, 0.05) is 47.5 Å². The van der Waals surface area contributed by atoms with Gasteiger partial charge in [0.05, 0.1) is 0 Å². The lowest BCUT2D eigenvalue weighted by molar-refractivity contribution is 0.0937. The van der Waals surface area contributed by atoms with Gasteiger partial charge in [-0.3, -0.25) is 4.79 Å². The fourth-order valence-electron chi connectivity index (χ4n) is 4.30. The molecule has 2 heterocycles. The number of likely N-dealkylation sites (tertiary alicyclic amines) is 1. The van der Waals surface area contributed by atoms with Crippen molar-refractivity contribution in [3.63, 3.8) is 0 Å². The van der Waals surface area contributed by atoms with Gasteiger partial charge in [0.1, 0.15) is 5.82 Å². The van der Waals surface area contributed by atoms with Crippen LogP contribution in [0.4, 0.5) is 4.39 Å². The molecule has 3 aromatic rings. The SMILES string of the molecule is O=C(NC1CCN(CCc2ccc(F)cc2)C1)c1cccc2c1[CH]c1ccccc1S2. The molecule has 0 spiro atoms. The van der Waals surface area contributed by atoms with Gasteiger partial charge in [0.25, 0.3) is 5.91 Å². The Kier molecular flexibility index (Phi) is 5.79. The van der Waals surface area contributed by atoms with Crippen LogP contribution in [0.2, 0.25) is 0 Å². The molecular weight excluding hydrogens is 407 g/mol. The molecule has 5 heteroatoms. The second-order valence-electron chi connectivity index (χ2n) is 8.14. The molecule has 1 atom stereocenters. The number of carbonyl (C=O) groups is 1. The standard InChI is InChI=1S/C26H24FN2OS/c27-20-10-8-18(9-11-20)12-14-29-15-13-21(17-29)28-26(30)22-5-3-7-25-23(22)16-19-4-1-2-6-24(19)31-25/h1-11,16,21H,12-15,17H2,(H,28,30). The normalized spacial score (nSPS) is 17.8. The lowest BCUT2D eigenvalue weighted by Crippen LogP contribution is -2.37. The van der Waals surface area contributed by atoms with Crippen molar-refractivity contribution < 1.29 is 9.18 Å². The van der Waals surface area contributed by atoms with E-state index >= 15 is 0 Å². The molecule has 1 saturated heterocycles. The van der Waals surface area contributed by atoms with E-state index < -0.39 is 0 Å². The number of carbonyl (C=O) groups excluding carboxylic acids is 1. The summed E-state index contributed by atoms with van der Waals surface area (Å²) >= 11 is 1.72. The van der Waals surface area contributed by atoms with Crippen LogP contribution in [0.5, 0.6) is 0 Å². The van der Waals surface area contributed by atoms with Crippen LogP contribution in [0.25, 0.3) is 0 Å². The molecule has 1 fully saturated rings. The van der Waals surface area contributed by atoms with Gasteiger partial charge in [0.15, 0.2) is 0 Å². The van der Waals surface area contributed by atoms with E-state index in [1.165, 1.54) is 17.0 Å². The third-order valence-corrected chi connectivity index (χ3v) is 7.15. The summed E-state index contributed by atoms with van der Waals surface area (Å²) in [6, 6.07) is 21.1. The van der Waals surface area contributed by atoms with Crippen LogP contribution in [0.1, 0.15) is 33.5 Å². The highest BCUT2D eigenvalue weighted by molar-refractivity contribution is 7.99. The van der Waals surface area contributed by atoms with Crippen LogP contribution in [-0.4, -0.2) is 36.5 Å². The first-order valence-electron chi connectivity index (χ1n) is 10.7. The van der Waals surface area contributed by atoms with E-state index in [1.54, 1.807) is 11.8 Å². The molecule has 0 saturated carbocycles. The van der Waals surface area contributed by atoms with Crippen molar-refractivity contribution in [2.24, 2.45) is 0 Å². The number of fused-ring (bicyclic) bond motifs is 2. The van der Waals surface area contributed by atoms with Crippen LogP contribution in [0.3, 0.4) is 0 Å². The van der Waals surface area contributed by atoms with E-state index in [-0.39, 0.29) is 17.8 Å². The molecule has 1 radical (unpaired) electrons. The number of benzene rings is 3. The summed E-state index contributed by atoms with van der Waals surface area (Å²) in [4.78, 5) is 17.8. The molecule has 2 aliphatic heterocycles. The van der Waals surface area contributed by atoms with E-state index in [1.807, 2.05) is 36.4 Å². The minimum absolute atomic E-state index is 0.00142. The highest BCUT2D eigenvalue weighted by Gasteiger charge is 2.26. The summed E-state index contributed by atoms with van der Waals surface area (Å²) in [6.07, 6.45) is 3.96. The number of hydrogen-bond acceptors (Lipinski definition) is 3. The van der Waals surface area contributed by atoms with Crippen LogP contribution >= 0.6 is 11.8 Å². The van der Waals surface area contributed by atoms with Crippen molar-refractivity contribution in [2.45, 2.75) is 28.7 Å². The molecule has 0 aromatic heterocycles. The second kappa shape index (κ2) is 8.85. The molecule has 3 aromatic carbocycles. The maximum atomic E-state index is 13.1. The van der Waals surface area contributed by atoms with E-state index in [2.05, 4.69) is 34.8 Å². The van der Waals surface area contributed by atoms with Gasteiger partial charge in [-0.2, -0.15) is 0 Å². The number of nitrogens with one attached hydrogen (secondary N) is 1. The predicted molar refractivity (Wildman–Crippen MR) is 122 cm³/mol. The van der Waals surface area contributed by atoms with Crippen LogP contribution in [0, 0.1) is 12.2 Å². The summed E-state index contributed by atoms with van der Waals surface area (Å²) < 4.78 is 13.1. The zero-order chi connectivity index (χ0) is 21.2. The number of rotatable bonds is 5. The minimum Gasteiger partial charge on any atom is -0.348 e. The Morgan fingerprint density at radius 3 is 2.71 bits per heavy atom. The topological polar surface area (TPSA) is 32.3 Å². The summed E-state index contributed by atoms with van der Waals surface area (Å²) in [7, 11) is 0. The molecule has 0 bridgehead atoms. The zero-order valence-corrected chi connectivity index (χ0v) is 18.0. The summed E-state index contributed by atoms with van der Waals surface area (Å²) in [5.74, 6) is -0.201. The smallest absolute Gasteiger partial charge is 0.251 e. The molecule has 0 aliphatic carbocycles. The Labute approximate surface area is 186 Å². The zero-order valence-electron chi connectivity index (χ0n) is 17.2. The quantitative estimate of drug-likeness (QED) is 0.486. The van der Waals surface area contributed by atoms with Crippen molar-refractivity contribution in [1.29, 1.82) is 0 Å². The minimum atomic E-state index is -0.199. The van der Waals surface area contributed by atoms with Gasteiger partial charge < -0.3 is 10.2 Å². The van der Waals surface area contributed by atoms with Crippen LogP contribution in [-0.2, 0) is 6.42 Å². The molecule has 1 unspecified atom stereocenters. The van der Waals surface area contributed by atoms with E-state index in [0.29, 0.717) is 0 Å². The van der Waals surface area contributed by atoms with Crippen molar-refractivity contribution in [3.8, 4) is 0 Å². The predicted octanol–water partition coefficient (Wildman–Crippen LogP) is 4.94. The molecule has 157 valence electrons. The van der Waals surface area contributed by atoms with Gasteiger partial charge in [-0.05, 0) is 59.9 Å². The first-order valence-corrected chi connectivity index (χ1v) is 11.5. The van der Waals surface area contributed by atoms with Gasteiger partial charge in [0.2, 0.25) is 0 Å². The largest absolute Gasteiger partial charge is 0.348 e. The highest BCUT2D eigenvalue weighted by atomic mass is 32.2. The summed E-state index contributed by atoms with van der Waals surface area (Å²) in [5, 5.41) is 3.25. The molecule has 31 heavy (non-hydrogen) atoms. The molecule has 5 rings (SSSR count). The Bertz CT molecular complexity index is 1100. The average molecular weight is 432 g/mol. The third-order valence-electron chi connectivity index (χ3n) is 5.99. The number of amides is 1. The molecule has 2 aliphatic rings. The summed E-state index contributed by atoms with van der Waals surface area (Å²) in [6.45, 7) is 2.73. The van der Waals surface area contributed by atoms with Gasteiger partial charge in [-0.1, -0.05) is 48.2 Å². The van der Waals surface area contributed by atoms with Gasteiger partial charge in [-0.25, -0.2) is 4.39 Å².